The average molecular weight is 211 g/mol. The Morgan fingerprint density at radius 1 is 1.71 bits per heavy atom. The standard InChI is InChI=1S/C10H17N3S/c1-11-10(8-3-4-14-7-8)9-5-12-13(2)6-9/h5-6,8,10-11H,3-4,7H2,1-2H3. The van der Waals surface area contributed by atoms with E-state index in [0.29, 0.717) is 6.04 Å². The Kier molecular flexibility index (Phi) is 3.13. The highest BCUT2D eigenvalue weighted by Crippen LogP contribution is 2.33. The third-order valence-electron chi connectivity index (χ3n) is 2.83. The minimum absolute atomic E-state index is 0.485. The van der Waals surface area contributed by atoms with Gasteiger partial charge in [-0.1, -0.05) is 0 Å². The minimum Gasteiger partial charge on any atom is -0.313 e. The summed E-state index contributed by atoms with van der Waals surface area (Å²) in [6, 6.07) is 0.485. The first-order chi connectivity index (χ1) is 6.81. The lowest BCUT2D eigenvalue weighted by atomic mass is 9.95. The van der Waals surface area contributed by atoms with Gasteiger partial charge in [-0.05, 0) is 30.9 Å². The van der Waals surface area contributed by atoms with E-state index < -0.39 is 0 Å². The SMILES string of the molecule is CNC(c1cnn(C)c1)C1CCSC1. The largest absolute Gasteiger partial charge is 0.313 e. The summed E-state index contributed by atoms with van der Waals surface area (Å²) in [6.07, 6.45) is 5.42. The zero-order chi connectivity index (χ0) is 9.97. The highest BCUT2D eigenvalue weighted by molar-refractivity contribution is 7.99. The zero-order valence-corrected chi connectivity index (χ0v) is 9.55. The maximum atomic E-state index is 4.23. The Labute approximate surface area is 89.3 Å². The number of hydrogen-bond donors (Lipinski definition) is 1. The molecule has 0 radical (unpaired) electrons. The summed E-state index contributed by atoms with van der Waals surface area (Å²) in [7, 11) is 4.01. The van der Waals surface area contributed by atoms with E-state index in [4.69, 9.17) is 0 Å². The average Bonchev–Trinajstić information content (AvgIpc) is 2.79. The molecule has 1 aliphatic heterocycles. The van der Waals surface area contributed by atoms with E-state index in [1.165, 1.54) is 23.5 Å². The van der Waals surface area contributed by atoms with Gasteiger partial charge in [-0.3, -0.25) is 4.68 Å². The molecule has 2 rings (SSSR count). The first-order valence-electron chi connectivity index (χ1n) is 5.05. The van der Waals surface area contributed by atoms with Crippen LogP contribution in [0.2, 0.25) is 0 Å². The summed E-state index contributed by atoms with van der Waals surface area (Å²) in [5, 5.41) is 7.63. The number of aryl methyl sites for hydroxylation is 1. The van der Waals surface area contributed by atoms with Gasteiger partial charge in [-0.25, -0.2) is 0 Å². The molecule has 0 bridgehead atoms. The molecule has 14 heavy (non-hydrogen) atoms. The van der Waals surface area contributed by atoms with E-state index in [9.17, 15) is 0 Å². The van der Waals surface area contributed by atoms with Crippen LogP contribution in [0, 0.1) is 5.92 Å². The summed E-state index contributed by atoms with van der Waals surface area (Å²) in [5.74, 6) is 3.36. The molecule has 0 saturated carbocycles. The molecule has 0 aliphatic carbocycles. The molecule has 1 aromatic heterocycles. The van der Waals surface area contributed by atoms with E-state index in [1.54, 1.807) is 0 Å². The molecule has 3 nitrogen and oxygen atoms in total. The van der Waals surface area contributed by atoms with Crippen molar-refractivity contribution in [3.8, 4) is 0 Å². The summed E-state index contributed by atoms with van der Waals surface area (Å²) >= 11 is 2.06. The Balaban J connectivity index is 2.12. The Bertz CT molecular complexity index is 291. The van der Waals surface area contributed by atoms with Crippen molar-refractivity contribution in [2.75, 3.05) is 18.6 Å². The predicted octanol–water partition coefficient (Wildman–Crippen LogP) is 1.43. The number of aromatic nitrogens is 2. The second-order valence-electron chi connectivity index (χ2n) is 3.84. The van der Waals surface area contributed by atoms with Crippen LogP contribution in [-0.4, -0.2) is 28.3 Å². The van der Waals surface area contributed by atoms with Gasteiger partial charge in [-0.2, -0.15) is 16.9 Å². The Hall–Kier alpha value is -0.480. The molecular weight excluding hydrogens is 194 g/mol. The van der Waals surface area contributed by atoms with Crippen molar-refractivity contribution in [2.24, 2.45) is 13.0 Å². The van der Waals surface area contributed by atoms with Crippen LogP contribution >= 0.6 is 11.8 Å². The molecule has 0 spiro atoms. The fourth-order valence-electron chi connectivity index (χ4n) is 2.09. The molecule has 0 aromatic carbocycles. The minimum atomic E-state index is 0.485. The van der Waals surface area contributed by atoms with Crippen LogP contribution in [0.3, 0.4) is 0 Å². The maximum Gasteiger partial charge on any atom is 0.0537 e. The number of nitrogens with one attached hydrogen (secondary N) is 1. The molecule has 1 fully saturated rings. The van der Waals surface area contributed by atoms with Crippen molar-refractivity contribution >= 4 is 11.8 Å². The van der Waals surface area contributed by atoms with Crippen LogP contribution in [0.25, 0.3) is 0 Å². The lowest BCUT2D eigenvalue weighted by Gasteiger charge is -2.20. The van der Waals surface area contributed by atoms with Crippen molar-refractivity contribution < 1.29 is 0 Å². The van der Waals surface area contributed by atoms with Gasteiger partial charge < -0.3 is 5.32 Å². The van der Waals surface area contributed by atoms with E-state index in [1.807, 2.05) is 25.0 Å². The number of thioether (sulfide) groups is 1. The molecule has 1 aromatic rings. The topological polar surface area (TPSA) is 29.9 Å². The molecule has 78 valence electrons. The summed E-state index contributed by atoms with van der Waals surface area (Å²) in [6.45, 7) is 0. The molecular formula is C10H17N3S. The molecule has 4 heteroatoms. The molecule has 0 amide bonds. The molecule has 1 N–H and O–H groups in total. The van der Waals surface area contributed by atoms with Crippen LogP contribution < -0.4 is 5.32 Å². The van der Waals surface area contributed by atoms with E-state index in [-0.39, 0.29) is 0 Å². The second-order valence-corrected chi connectivity index (χ2v) is 4.99. The van der Waals surface area contributed by atoms with Crippen molar-refractivity contribution in [3.05, 3.63) is 18.0 Å². The predicted molar refractivity (Wildman–Crippen MR) is 60.4 cm³/mol. The molecule has 2 atom stereocenters. The van der Waals surface area contributed by atoms with Gasteiger partial charge in [0.25, 0.3) is 0 Å². The van der Waals surface area contributed by atoms with Crippen LogP contribution in [0.1, 0.15) is 18.0 Å². The molecule has 1 saturated heterocycles. The Morgan fingerprint density at radius 2 is 2.57 bits per heavy atom. The number of hydrogen-bond acceptors (Lipinski definition) is 3. The summed E-state index contributed by atoms with van der Waals surface area (Å²) in [4.78, 5) is 0. The van der Waals surface area contributed by atoms with Crippen LogP contribution in [-0.2, 0) is 7.05 Å². The van der Waals surface area contributed by atoms with Gasteiger partial charge in [-0.15, -0.1) is 0 Å². The molecule has 1 aliphatic rings. The summed E-state index contributed by atoms with van der Waals surface area (Å²) < 4.78 is 1.88. The Morgan fingerprint density at radius 3 is 3.07 bits per heavy atom. The highest BCUT2D eigenvalue weighted by Gasteiger charge is 2.26. The maximum absolute atomic E-state index is 4.23. The van der Waals surface area contributed by atoms with Crippen LogP contribution in [0.15, 0.2) is 12.4 Å². The van der Waals surface area contributed by atoms with Crippen molar-refractivity contribution in [1.29, 1.82) is 0 Å². The van der Waals surface area contributed by atoms with Gasteiger partial charge in [0, 0.05) is 24.8 Å². The summed E-state index contributed by atoms with van der Waals surface area (Å²) in [5.41, 5.74) is 1.32. The van der Waals surface area contributed by atoms with Gasteiger partial charge in [0.15, 0.2) is 0 Å². The van der Waals surface area contributed by atoms with Gasteiger partial charge in [0.05, 0.1) is 6.20 Å². The van der Waals surface area contributed by atoms with E-state index in [2.05, 4.69) is 28.4 Å². The van der Waals surface area contributed by atoms with Gasteiger partial charge >= 0.3 is 0 Å². The van der Waals surface area contributed by atoms with E-state index >= 15 is 0 Å². The lowest BCUT2D eigenvalue weighted by Crippen LogP contribution is -2.24. The molecule has 2 unspecified atom stereocenters. The first-order valence-corrected chi connectivity index (χ1v) is 6.20. The lowest BCUT2D eigenvalue weighted by molar-refractivity contribution is 0.420. The quantitative estimate of drug-likeness (QED) is 0.820. The van der Waals surface area contributed by atoms with E-state index in [0.717, 1.165) is 5.92 Å². The number of rotatable bonds is 3. The monoisotopic (exact) mass is 211 g/mol. The normalized spacial score (nSPS) is 24.0. The third-order valence-corrected chi connectivity index (χ3v) is 4.02. The smallest absolute Gasteiger partial charge is 0.0537 e. The van der Waals surface area contributed by atoms with Crippen molar-refractivity contribution in [1.82, 2.24) is 15.1 Å². The van der Waals surface area contributed by atoms with Gasteiger partial charge in [0.1, 0.15) is 0 Å². The fraction of sp³-hybridized carbons (Fsp3) is 0.700. The molecule has 2 heterocycles. The van der Waals surface area contributed by atoms with Crippen molar-refractivity contribution in [2.45, 2.75) is 12.5 Å². The zero-order valence-electron chi connectivity index (χ0n) is 8.73. The fourth-order valence-corrected chi connectivity index (χ4v) is 3.39. The van der Waals surface area contributed by atoms with Crippen LogP contribution in [0.4, 0.5) is 0 Å². The van der Waals surface area contributed by atoms with Crippen molar-refractivity contribution in [3.63, 3.8) is 0 Å². The van der Waals surface area contributed by atoms with Crippen LogP contribution in [0.5, 0.6) is 0 Å². The second kappa shape index (κ2) is 4.36. The highest BCUT2D eigenvalue weighted by atomic mass is 32.2. The van der Waals surface area contributed by atoms with Gasteiger partial charge in [0.2, 0.25) is 0 Å². The number of nitrogens with zero attached hydrogens (tertiary/aromatic N) is 2. The first kappa shape index (κ1) is 10.1. The third kappa shape index (κ3) is 1.96.